The molecule has 0 unspecified atom stereocenters. The molecular formula is C30H42N4O7. The molecule has 41 heavy (non-hydrogen) atoms. The molecule has 0 saturated heterocycles. The van der Waals surface area contributed by atoms with Crippen LogP contribution in [0.5, 0.6) is 11.5 Å². The smallest absolute Gasteiger partial charge is 0.407 e. The van der Waals surface area contributed by atoms with Crippen molar-refractivity contribution in [1.29, 1.82) is 0 Å². The molecule has 1 aliphatic heterocycles. The maximum atomic E-state index is 13.7. The van der Waals surface area contributed by atoms with Crippen molar-refractivity contribution < 1.29 is 33.8 Å². The summed E-state index contributed by atoms with van der Waals surface area (Å²) >= 11 is 0. The second-order valence-corrected chi connectivity index (χ2v) is 11.3. The lowest BCUT2D eigenvalue weighted by Crippen LogP contribution is -2.55. The van der Waals surface area contributed by atoms with Crippen LogP contribution in [-0.2, 0) is 27.3 Å². The average molecular weight is 571 g/mol. The number of methoxy groups -OCH3 is 1. The van der Waals surface area contributed by atoms with E-state index in [0.29, 0.717) is 36.7 Å². The molecule has 0 fully saturated rings. The molecule has 11 heteroatoms. The van der Waals surface area contributed by atoms with Gasteiger partial charge in [-0.2, -0.15) is 0 Å². The van der Waals surface area contributed by atoms with Crippen molar-refractivity contribution in [2.45, 2.75) is 71.7 Å². The van der Waals surface area contributed by atoms with E-state index in [1.54, 1.807) is 42.9 Å². The van der Waals surface area contributed by atoms with Gasteiger partial charge in [0.05, 0.1) is 13.2 Å². The average Bonchev–Trinajstić information content (AvgIpc) is 2.93. The Hall–Kier alpha value is -3.83. The second kappa shape index (κ2) is 14.2. The molecule has 3 atom stereocenters. The maximum Gasteiger partial charge on any atom is 0.407 e. The first-order valence-electron chi connectivity index (χ1n) is 13.8. The van der Waals surface area contributed by atoms with Gasteiger partial charge in [0.15, 0.2) is 6.61 Å². The molecule has 11 nitrogen and oxygen atoms in total. The fourth-order valence-corrected chi connectivity index (χ4v) is 4.60. The van der Waals surface area contributed by atoms with E-state index in [1.807, 2.05) is 32.9 Å². The molecular weight excluding hydrogens is 528 g/mol. The monoisotopic (exact) mass is 570 g/mol. The largest absolute Gasteiger partial charge is 0.497 e. The summed E-state index contributed by atoms with van der Waals surface area (Å²) in [5, 5.41) is 14.8. The van der Waals surface area contributed by atoms with E-state index in [-0.39, 0.29) is 24.5 Å². The van der Waals surface area contributed by atoms with Crippen LogP contribution in [0.4, 0.5) is 10.5 Å². The van der Waals surface area contributed by atoms with Crippen LogP contribution in [0.3, 0.4) is 0 Å². The number of nitrogens with one attached hydrogen (secondary N) is 3. The van der Waals surface area contributed by atoms with Crippen molar-refractivity contribution in [3.63, 3.8) is 0 Å². The molecule has 0 aromatic heterocycles. The number of alkyl carbamates (subject to hydrolysis) is 1. The molecule has 3 amide bonds. The highest BCUT2D eigenvalue weighted by Crippen LogP contribution is 2.29. The van der Waals surface area contributed by atoms with Crippen LogP contribution in [0.2, 0.25) is 0 Å². The minimum atomic E-state index is -0.663. The van der Waals surface area contributed by atoms with E-state index in [0.717, 1.165) is 17.5 Å². The van der Waals surface area contributed by atoms with E-state index in [9.17, 15) is 14.4 Å². The van der Waals surface area contributed by atoms with Gasteiger partial charge >= 0.3 is 6.09 Å². The molecule has 0 saturated carbocycles. The van der Waals surface area contributed by atoms with Gasteiger partial charge in [-0.05, 0) is 80.6 Å². The predicted octanol–water partition coefficient (Wildman–Crippen LogP) is 3.88. The lowest BCUT2D eigenvalue weighted by molar-refractivity contribution is -0.131. The topological polar surface area (TPSA) is 138 Å². The van der Waals surface area contributed by atoms with Crippen LogP contribution in [0, 0.1) is 5.92 Å². The summed E-state index contributed by atoms with van der Waals surface area (Å²) in [5.41, 5.74) is 3.48. The van der Waals surface area contributed by atoms with Crippen molar-refractivity contribution in [1.82, 2.24) is 15.7 Å². The van der Waals surface area contributed by atoms with Crippen molar-refractivity contribution >= 4 is 23.6 Å². The van der Waals surface area contributed by atoms with Crippen LogP contribution in [-0.4, -0.2) is 66.0 Å². The first-order chi connectivity index (χ1) is 19.4. The number of hydrogen-bond acceptors (Lipinski definition) is 8. The third-order valence-corrected chi connectivity index (χ3v) is 7.02. The molecule has 3 rings (SSSR count). The highest BCUT2D eigenvalue weighted by Gasteiger charge is 2.35. The molecule has 1 aliphatic rings. The van der Waals surface area contributed by atoms with Gasteiger partial charge < -0.3 is 24.8 Å². The first kappa shape index (κ1) is 31.7. The van der Waals surface area contributed by atoms with E-state index in [1.165, 1.54) is 0 Å². The van der Waals surface area contributed by atoms with E-state index in [4.69, 9.17) is 19.4 Å². The molecule has 0 radical (unpaired) electrons. The van der Waals surface area contributed by atoms with Gasteiger partial charge in [0, 0.05) is 24.8 Å². The highest BCUT2D eigenvalue weighted by molar-refractivity contribution is 5.95. The summed E-state index contributed by atoms with van der Waals surface area (Å²) < 4.78 is 16.3. The number of fused-ring (bicyclic) bond motifs is 1. The molecule has 4 N–H and O–H groups in total. The zero-order chi connectivity index (χ0) is 30.2. The van der Waals surface area contributed by atoms with Gasteiger partial charge in [0.1, 0.15) is 17.1 Å². The quantitative estimate of drug-likeness (QED) is 0.236. The van der Waals surface area contributed by atoms with Crippen molar-refractivity contribution in [2.24, 2.45) is 5.92 Å². The van der Waals surface area contributed by atoms with Crippen LogP contribution in [0.1, 0.15) is 52.2 Å². The Labute approximate surface area is 241 Å². The third-order valence-electron chi connectivity index (χ3n) is 7.02. The summed E-state index contributed by atoms with van der Waals surface area (Å²) in [7, 11) is 1.59. The lowest BCUT2D eigenvalue weighted by Gasteiger charge is -2.39. The van der Waals surface area contributed by atoms with Crippen LogP contribution in [0.25, 0.3) is 0 Å². The van der Waals surface area contributed by atoms with E-state index in [2.05, 4.69) is 29.4 Å². The van der Waals surface area contributed by atoms with E-state index < -0.39 is 23.6 Å². The number of carbonyl (C=O) groups is 3. The number of nitrogens with zero attached hydrogens (tertiary/aromatic N) is 1. The van der Waals surface area contributed by atoms with E-state index >= 15 is 0 Å². The maximum absolute atomic E-state index is 13.7. The lowest BCUT2D eigenvalue weighted by atomic mass is 9.91. The number of hydroxylamine groups is 1. The number of hydrogen-bond donors (Lipinski definition) is 4. The minimum Gasteiger partial charge on any atom is -0.497 e. The Morgan fingerprint density at radius 2 is 1.76 bits per heavy atom. The summed E-state index contributed by atoms with van der Waals surface area (Å²) in [6, 6.07) is 11.8. The van der Waals surface area contributed by atoms with Gasteiger partial charge in [0.2, 0.25) is 5.91 Å². The number of carbonyl (C=O) groups excluding carboxylic acids is 3. The summed E-state index contributed by atoms with van der Waals surface area (Å²) in [4.78, 5) is 39.9. The minimum absolute atomic E-state index is 0.112. The highest BCUT2D eigenvalue weighted by atomic mass is 16.6. The number of amides is 3. The number of benzene rings is 2. The SMILES string of the molecule is CC[C@H](C)[C@@H](CN1Cc2cc(OCC(=O)NO)ccc2C[C@H]1C(=O)Nc1ccc(OC)cc1)NC(=O)OC(C)(C)C. The summed E-state index contributed by atoms with van der Waals surface area (Å²) in [6.07, 6.45) is 0.754. The molecule has 2 aromatic carbocycles. The van der Waals surface area contributed by atoms with Crippen molar-refractivity contribution in [3.05, 3.63) is 53.6 Å². The molecule has 0 bridgehead atoms. The zero-order valence-corrected chi connectivity index (χ0v) is 24.7. The fraction of sp³-hybridized carbons (Fsp3) is 0.500. The van der Waals surface area contributed by atoms with Gasteiger partial charge in [-0.25, -0.2) is 10.3 Å². The van der Waals surface area contributed by atoms with Gasteiger partial charge in [-0.1, -0.05) is 26.3 Å². The van der Waals surface area contributed by atoms with Gasteiger partial charge in [-0.3, -0.25) is 19.7 Å². The van der Waals surface area contributed by atoms with Crippen LogP contribution in [0.15, 0.2) is 42.5 Å². The fourth-order valence-electron chi connectivity index (χ4n) is 4.60. The van der Waals surface area contributed by atoms with Gasteiger partial charge in [0.25, 0.3) is 5.91 Å². The molecule has 2 aromatic rings. The number of ether oxygens (including phenoxy) is 3. The second-order valence-electron chi connectivity index (χ2n) is 11.3. The summed E-state index contributed by atoms with van der Waals surface area (Å²) in [6.45, 7) is 10.1. The third kappa shape index (κ3) is 9.36. The first-order valence-corrected chi connectivity index (χ1v) is 13.8. The predicted molar refractivity (Wildman–Crippen MR) is 154 cm³/mol. The standard InChI is InChI=1S/C30H42N4O7/c1-7-19(2)25(32-29(37)41-30(3,4)5)17-34-16-21-14-24(40-18-27(35)33-38)11-8-20(21)15-26(34)28(36)31-22-9-12-23(39-6)13-10-22/h8-14,19,25-26,38H,7,15-18H2,1-6H3,(H,31,36)(H,32,37)(H,33,35)/t19-,25+,26-/m0/s1. The molecule has 1 heterocycles. The Bertz CT molecular complexity index is 1200. The number of anilines is 1. The van der Waals surface area contributed by atoms with Crippen molar-refractivity contribution in [2.75, 3.05) is 25.6 Å². The van der Waals surface area contributed by atoms with Crippen LogP contribution < -0.4 is 25.6 Å². The van der Waals surface area contributed by atoms with Crippen LogP contribution >= 0.6 is 0 Å². The summed E-state index contributed by atoms with van der Waals surface area (Å²) in [5.74, 6) is 0.445. The zero-order valence-electron chi connectivity index (χ0n) is 24.7. The molecule has 224 valence electrons. The Morgan fingerprint density at radius 1 is 1.07 bits per heavy atom. The van der Waals surface area contributed by atoms with Gasteiger partial charge in [-0.15, -0.1) is 0 Å². The van der Waals surface area contributed by atoms with Crippen molar-refractivity contribution in [3.8, 4) is 11.5 Å². The Kier molecular flexibility index (Phi) is 11.0. The molecule has 0 aliphatic carbocycles. The normalized spacial score (nSPS) is 16.5. The molecule has 0 spiro atoms. The Balaban J connectivity index is 1.87. The number of rotatable bonds is 11. The Morgan fingerprint density at radius 3 is 2.37 bits per heavy atom.